The van der Waals surface area contributed by atoms with Crippen molar-refractivity contribution in [3.05, 3.63) is 45.1 Å². The normalized spacial score (nSPS) is 20.8. The largest absolute Gasteiger partial charge is 0.463 e. The summed E-state index contributed by atoms with van der Waals surface area (Å²) < 4.78 is 5.31. The molecule has 0 saturated carbocycles. The van der Waals surface area contributed by atoms with Crippen LogP contribution in [0.25, 0.3) is 0 Å². The van der Waals surface area contributed by atoms with Crippen molar-refractivity contribution in [1.29, 1.82) is 0 Å². The molecule has 27 heavy (non-hydrogen) atoms. The highest BCUT2D eigenvalue weighted by Crippen LogP contribution is 2.37. The number of likely N-dealkylation sites (tertiary alicyclic amines) is 1. The molecule has 1 atom stereocenters. The van der Waals surface area contributed by atoms with Crippen molar-refractivity contribution in [3.63, 3.8) is 0 Å². The van der Waals surface area contributed by atoms with Crippen molar-refractivity contribution in [1.82, 2.24) is 15.1 Å². The first-order valence-electron chi connectivity index (χ1n) is 9.04. The third kappa shape index (κ3) is 4.08. The number of rotatable bonds is 5. The number of likely N-dealkylation sites (N-methyl/N-ethyl adjacent to an activating group) is 1. The molecular formula is C19H23Cl2N3O3. The second kappa shape index (κ2) is 8.50. The molecule has 1 fully saturated rings. The van der Waals surface area contributed by atoms with Gasteiger partial charge < -0.3 is 10.1 Å². The molecule has 2 amide bonds. The molecule has 0 bridgehead atoms. The first-order valence-corrected chi connectivity index (χ1v) is 9.80. The molecule has 1 unspecified atom stereocenters. The van der Waals surface area contributed by atoms with Crippen molar-refractivity contribution in [2.45, 2.75) is 25.8 Å². The van der Waals surface area contributed by atoms with E-state index in [2.05, 4.69) is 10.2 Å². The second-order valence-electron chi connectivity index (χ2n) is 6.65. The summed E-state index contributed by atoms with van der Waals surface area (Å²) in [7, 11) is 1.66. The topological polar surface area (TPSA) is 61.9 Å². The van der Waals surface area contributed by atoms with Gasteiger partial charge in [-0.25, -0.2) is 9.59 Å². The summed E-state index contributed by atoms with van der Waals surface area (Å²) in [6, 6.07) is 4.17. The molecule has 0 radical (unpaired) electrons. The number of nitrogens with one attached hydrogen (secondary N) is 1. The van der Waals surface area contributed by atoms with Gasteiger partial charge in [0.15, 0.2) is 0 Å². The number of esters is 1. The van der Waals surface area contributed by atoms with Crippen molar-refractivity contribution < 1.29 is 14.3 Å². The summed E-state index contributed by atoms with van der Waals surface area (Å²) >= 11 is 12.6. The molecule has 2 aliphatic rings. The zero-order valence-corrected chi connectivity index (χ0v) is 16.9. The molecule has 6 nitrogen and oxygen atoms in total. The van der Waals surface area contributed by atoms with Gasteiger partial charge in [-0.15, -0.1) is 0 Å². The van der Waals surface area contributed by atoms with E-state index in [0.717, 1.165) is 25.9 Å². The Hall–Kier alpha value is -1.76. The van der Waals surface area contributed by atoms with Crippen LogP contribution in [-0.4, -0.2) is 55.1 Å². The van der Waals surface area contributed by atoms with E-state index < -0.39 is 12.0 Å². The van der Waals surface area contributed by atoms with Crippen LogP contribution < -0.4 is 5.32 Å². The maximum atomic E-state index is 12.9. The molecule has 8 heteroatoms. The smallest absolute Gasteiger partial charge is 0.338 e. The Bertz CT molecular complexity index is 775. The third-order valence-corrected chi connectivity index (χ3v) is 5.77. The third-order valence-electron chi connectivity index (χ3n) is 4.94. The molecule has 2 aliphatic heterocycles. The predicted octanol–water partition coefficient (Wildman–Crippen LogP) is 3.60. The maximum absolute atomic E-state index is 12.9. The molecule has 1 aromatic carbocycles. The highest BCUT2D eigenvalue weighted by atomic mass is 35.5. The molecule has 1 saturated heterocycles. The molecular weight excluding hydrogens is 389 g/mol. The minimum absolute atomic E-state index is 0.243. The second-order valence-corrected chi connectivity index (χ2v) is 7.43. The van der Waals surface area contributed by atoms with Crippen molar-refractivity contribution in [2.24, 2.45) is 0 Å². The highest BCUT2D eigenvalue weighted by molar-refractivity contribution is 6.42. The van der Waals surface area contributed by atoms with E-state index in [-0.39, 0.29) is 12.6 Å². The van der Waals surface area contributed by atoms with Gasteiger partial charge in [0, 0.05) is 19.3 Å². The molecule has 0 aliphatic carbocycles. The fraction of sp³-hybridized carbons (Fsp3) is 0.474. The van der Waals surface area contributed by atoms with Gasteiger partial charge in [0.1, 0.15) is 0 Å². The first-order chi connectivity index (χ1) is 12.9. The Kier molecular flexibility index (Phi) is 6.29. The summed E-state index contributed by atoms with van der Waals surface area (Å²) in [5.41, 5.74) is 1.61. The number of hydrogen-bond donors (Lipinski definition) is 1. The number of urea groups is 1. The SMILES string of the molecule is CCOC(=O)C1=C(CN2CCCC2)N(C)C(=O)NC1c1cccc(Cl)c1Cl. The van der Waals surface area contributed by atoms with E-state index in [9.17, 15) is 9.59 Å². The fourth-order valence-corrected chi connectivity index (χ4v) is 3.94. The Morgan fingerprint density at radius 1 is 1.30 bits per heavy atom. The Balaban J connectivity index is 2.11. The van der Waals surface area contributed by atoms with Crippen LogP contribution in [0.1, 0.15) is 31.4 Å². The zero-order chi connectivity index (χ0) is 19.6. The molecule has 0 aromatic heterocycles. The lowest BCUT2D eigenvalue weighted by atomic mass is 9.94. The summed E-state index contributed by atoms with van der Waals surface area (Å²) in [5, 5.41) is 3.54. The number of carbonyl (C=O) groups excluding carboxylic acids is 2. The summed E-state index contributed by atoms with van der Waals surface area (Å²) in [4.78, 5) is 29.2. The van der Waals surface area contributed by atoms with Crippen LogP contribution in [0.5, 0.6) is 0 Å². The van der Waals surface area contributed by atoms with Gasteiger partial charge in [0.2, 0.25) is 0 Å². The Labute approximate surface area is 169 Å². The van der Waals surface area contributed by atoms with Gasteiger partial charge in [0.05, 0.1) is 28.3 Å². The van der Waals surface area contributed by atoms with Crippen LogP contribution in [0.15, 0.2) is 29.5 Å². The van der Waals surface area contributed by atoms with E-state index >= 15 is 0 Å². The lowest BCUT2D eigenvalue weighted by Crippen LogP contribution is -2.49. The maximum Gasteiger partial charge on any atom is 0.338 e. The van der Waals surface area contributed by atoms with Crippen LogP contribution >= 0.6 is 23.2 Å². The van der Waals surface area contributed by atoms with Crippen LogP contribution in [0.4, 0.5) is 4.79 Å². The van der Waals surface area contributed by atoms with Crippen molar-refractivity contribution >= 4 is 35.2 Å². The molecule has 1 aromatic rings. The minimum atomic E-state index is -0.712. The van der Waals surface area contributed by atoms with Gasteiger partial charge in [-0.2, -0.15) is 0 Å². The molecule has 0 spiro atoms. The minimum Gasteiger partial charge on any atom is -0.463 e. The summed E-state index contributed by atoms with van der Waals surface area (Å²) in [6.45, 7) is 4.39. The van der Waals surface area contributed by atoms with E-state index in [1.807, 2.05) is 0 Å². The van der Waals surface area contributed by atoms with Gasteiger partial charge in [-0.05, 0) is 44.5 Å². The molecule has 2 heterocycles. The van der Waals surface area contributed by atoms with Gasteiger partial charge >= 0.3 is 12.0 Å². The van der Waals surface area contributed by atoms with Crippen molar-refractivity contribution in [3.8, 4) is 0 Å². The number of ether oxygens (including phenoxy) is 1. The van der Waals surface area contributed by atoms with E-state index in [0.29, 0.717) is 33.4 Å². The average Bonchev–Trinajstić information content (AvgIpc) is 3.14. The number of hydrogen-bond acceptors (Lipinski definition) is 4. The van der Waals surface area contributed by atoms with Gasteiger partial charge in [0.25, 0.3) is 0 Å². The number of carbonyl (C=O) groups is 2. The number of halogens is 2. The average molecular weight is 412 g/mol. The Morgan fingerprint density at radius 3 is 2.67 bits per heavy atom. The first kappa shape index (κ1) is 20.0. The molecule has 3 rings (SSSR count). The molecule has 146 valence electrons. The highest BCUT2D eigenvalue weighted by Gasteiger charge is 2.38. The standard InChI is InChI=1S/C19H23Cl2N3O3/c1-3-27-18(25)15-14(11-24-9-4-5-10-24)23(2)19(26)22-17(15)12-7-6-8-13(20)16(12)21/h6-8,17H,3-5,9-11H2,1-2H3,(H,22,26). The van der Waals surface area contributed by atoms with Crippen molar-refractivity contribution in [2.75, 3.05) is 33.3 Å². The number of amides is 2. The van der Waals surface area contributed by atoms with Gasteiger partial charge in [-0.1, -0.05) is 35.3 Å². The number of nitrogens with zero attached hydrogens (tertiary/aromatic N) is 2. The van der Waals surface area contributed by atoms with E-state index in [1.165, 1.54) is 4.90 Å². The number of benzene rings is 1. The van der Waals surface area contributed by atoms with E-state index in [1.54, 1.807) is 32.2 Å². The Morgan fingerprint density at radius 2 is 2.00 bits per heavy atom. The van der Waals surface area contributed by atoms with E-state index in [4.69, 9.17) is 27.9 Å². The zero-order valence-electron chi connectivity index (χ0n) is 15.4. The monoisotopic (exact) mass is 411 g/mol. The lowest BCUT2D eigenvalue weighted by Gasteiger charge is -2.36. The lowest BCUT2D eigenvalue weighted by molar-refractivity contribution is -0.139. The summed E-state index contributed by atoms with van der Waals surface area (Å²) in [5.74, 6) is -0.459. The molecule has 1 N–H and O–H groups in total. The van der Waals surface area contributed by atoms with Crippen LogP contribution in [0.2, 0.25) is 10.0 Å². The van der Waals surface area contributed by atoms with Crippen LogP contribution in [-0.2, 0) is 9.53 Å². The van der Waals surface area contributed by atoms with Crippen LogP contribution in [0, 0.1) is 0 Å². The summed E-state index contributed by atoms with van der Waals surface area (Å²) in [6.07, 6.45) is 2.23. The van der Waals surface area contributed by atoms with Gasteiger partial charge in [-0.3, -0.25) is 9.80 Å². The quantitative estimate of drug-likeness (QED) is 0.751. The van der Waals surface area contributed by atoms with Crippen LogP contribution in [0.3, 0.4) is 0 Å². The fourth-order valence-electron chi connectivity index (χ4n) is 3.53. The predicted molar refractivity (Wildman–Crippen MR) is 105 cm³/mol.